The van der Waals surface area contributed by atoms with Gasteiger partial charge in [-0.2, -0.15) is 0 Å². The summed E-state index contributed by atoms with van der Waals surface area (Å²) in [6, 6.07) is 55.7. The van der Waals surface area contributed by atoms with Crippen LogP contribution in [0.3, 0.4) is 0 Å². The number of imidazole rings is 1. The Labute approximate surface area is 418 Å². The largest absolute Gasteiger partial charge is 0.486 e. The van der Waals surface area contributed by atoms with Crippen LogP contribution in [0.5, 0.6) is 0 Å². The molecule has 0 amide bonds. The maximum atomic E-state index is 6.73. The van der Waals surface area contributed by atoms with Gasteiger partial charge in [0.05, 0.1) is 28.1 Å². The van der Waals surface area contributed by atoms with Crippen molar-refractivity contribution in [2.45, 2.75) is 84.5 Å². The van der Waals surface area contributed by atoms with Gasteiger partial charge >= 0.3 is 126 Å². The number of fused-ring (bicyclic) bond motifs is 4. The van der Waals surface area contributed by atoms with E-state index in [9.17, 15) is 0 Å². The number of para-hydroxylation sites is 2. The van der Waals surface area contributed by atoms with E-state index < -0.39 is 13.3 Å². The van der Waals surface area contributed by atoms with Crippen LogP contribution in [0.4, 0.5) is 0 Å². The number of benzene rings is 6. The van der Waals surface area contributed by atoms with Gasteiger partial charge in [0, 0.05) is 42.3 Å². The molecule has 0 atom stereocenters. The van der Waals surface area contributed by atoms with E-state index in [-0.39, 0.29) is 25.5 Å². The fourth-order valence-corrected chi connectivity index (χ4v) is 12.7. The molecule has 6 aromatic carbocycles. The Bertz CT molecular complexity index is 3390. The van der Waals surface area contributed by atoms with Crippen molar-refractivity contribution in [1.29, 1.82) is 0 Å². The molecular formula is C61H60GeIrN4O-2. The molecule has 0 aliphatic heterocycles. The van der Waals surface area contributed by atoms with Crippen molar-refractivity contribution in [1.82, 2.24) is 19.5 Å². The van der Waals surface area contributed by atoms with Crippen LogP contribution in [0.25, 0.3) is 83.8 Å². The van der Waals surface area contributed by atoms with Gasteiger partial charge in [-0.25, -0.2) is 4.98 Å². The molecule has 0 unspecified atom stereocenters. The number of pyridine rings is 2. The average Bonchev–Trinajstić information content (AvgIpc) is 3.88. The number of hydrogen-bond donors (Lipinski definition) is 0. The van der Waals surface area contributed by atoms with E-state index in [4.69, 9.17) is 19.4 Å². The molecule has 0 aliphatic carbocycles. The quantitative estimate of drug-likeness (QED) is 0.112. The molecule has 10 aromatic rings. The third-order valence-electron chi connectivity index (χ3n) is 12.7. The number of aromatic nitrogens is 4. The average molecular weight is 1130 g/mol. The maximum Gasteiger partial charge on any atom is 0.216 e. The Morgan fingerprint density at radius 2 is 1.44 bits per heavy atom. The van der Waals surface area contributed by atoms with E-state index in [2.05, 4.69) is 211 Å². The predicted octanol–water partition coefficient (Wildman–Crippen LogP) is 15.6. The summed E-state index contributed by atoms with van der Waals surface area (Å²) < 4.78 is 10.5. The second-order valence-electron chi connectivity index (χ2n) is 20.4. The molecule has 0 spiro atoms. The molecule has 0 bridgehead atoms. The van der Waals surface area contributed by atoms with Crippen LogP contribution in [-0.4, -0.2) is 32.8 Å². The molecule has 0 fully saturated rings. The van der Waals surface area contributed by atoms with Crippen LogP contribution in [0, 0.1) is 38.8 Å². The first-order valence-electron chi connectivity index (χ1n) is 23.5. The van der Waals surface area contributed by atoms with Crippen LogP contribution < -0.4 is 4.40 Å². The molecule has 10 rings (SSSR count). The van der Waals surface area contributed by atoms with Crippen LogP contribution in [0.15, 0.2) is 150 Å². The molecule has 1 radical (unpaired) electrons. The summed E-state index contributed by atoms with van der Waals surface area (Å²) in [4.78, 5) is 15.0. The zero-order chi connectivity index (χ0) is 47.2. The van der Waals surface area contributed by atoms with Gasteiger partial charge in [-0.3, -0.25) is 4.98 Å². The van der Waals surface area contributed by atoms with Crippen LogP contribution in [0.1, 0.15) is 62.4 Å². The van der Waals surface area contributed by atoms with Gasteiger partial charge in [-0.15, -0.1) is 17.7 Å². The van der Waals surface area contributed by atoms with E-state index in [0.29, 0.717) is 11.6 Å². The van der Waals surface area contributed by atoms with Gasteiger partial charge in [0.1, 0.15) is 0 Å². The summed E-state index contributed by atoms with van der Waals surface area (Å²) in [6.45, 7) is 17.7. The fraction of sp³-hybridized carbons (Fsp3) is 0.230. The minimum absolute atomic E-state index is 0. The third kappa shape index (κ3) is 9.69. The molecule has 0 saturated heterocycles. The molecule has 0 N–H and O–H groups in total. The van der Waals surface area contributed by atoms with Crippen molar-refractivity contribution < 1.29 is 24.5 Å². The van der Waals surface area contributed by atoms with Gasteiger partial charge < -0.3 is 8.98 Å². The number of furan rings is 1. The first-order valence-corrected chi connectivity index (χ1v) is 30.9. The Morgan fingerprint density at radius 1 is 0.721 bits per heavy atom. The van der Waals surface area contributed by atoms with E-state index in [0.717, 1.165) is 90.1 Å². The number of aryl methyl sites for hydroxylation is 3. The number of hydrogen-bond acceptors (Lipinski definition) is 4. The molecule has 4 aromatic heterocycles. The smallest absolute Gasteiger partial charge is 0.216 e. The topological polar surface area (TPSA) is 56.7 Å². The van der Waals surface area contributed by atoms with Gasteiger partial charge in [-0.05, 0) is 77.9 Å². The standard InChI is InChI=1S/C43H36N3O.C18H24GeN.Ir/c1-26-13-12-14-27(2)38(26)35-23-22-31-39-28(3)19-21-32(40(39)47-42(31)45-35)41-44-34-17-10-11-18-37(34)46(41)36-24-20-30(43(4,5)6)25-33(36)29-15-8-7-9-16-29;1-14(2)11-16-12-18(15-9-7-6-8-10-15)20-13-17(16)19(3,4)5;/h7-20,22-25H,1-6H3;6-9,12-14H,11H2,1-5H3;/q2*-1;. The van der Waals surface area contributed by atoms with E-state index in [1.165, 1.54) is 22.3 Å². The SMILES string of the molecule is CC(C)Cc1cc(-c2[c-]cccc2)nc[c]1[Ge]([CH3])([CH3])[CH3].Cc1cccc(C)c1-c1ccc2c(n1)oc1c(-c3nc4ccccc4n3-c3ccc(C(C)(C)C)cc3-c3ccccc3)[c-]cc(C)c12.[Ir]. The first-order chi connectivity index (χ1) is 32.1. The molecule has 4 heterocycles. The van der Waals surface area contributed by atoms with Crippen molar-refractivity contribution >= 4 is 50.8 Å². The normalized spacial score (nSPS) is 11.8. The van der Waals surface area contributed by atoms with Crippen molar-refractivity contribution in [3.05, 3.63) is 186 Å². The summed E-state index contributed by atoms with van der Waals surface area (Å²) in [6.07, 6.45) is 3.27. The van der Waals surface area contributed by atoms with Gasteiger partial charge in [-0.1, -0.05) is 105 Å². The molecule has 5 nitrogen and oxygen atoms in total. The Morgan fingerprint density at radius 3 is 2.13 bits per heavy atom. The summed E-state index contributed by atoms with van der Waals surface area (Å²) in [5.41, 5.74) is 17.9. The Balaban J connectivity index is 0.000000251. The number of nitrogens with zero attached hydrogens (tertiary/aromatic N) is 4. The van der Waals surface area contributed by atoms with Gasteiger partial charge in [0.15, 0.2) is 0 Å². The van der Waals surface area contributed by atoms with Crippen LogP contribution >= 0.6 is 0 Å². The third-order valence-corrected chi connectivity index (χ3v) is 17.1. The zero-order valence-corrected chi connectivity index (χ0v) is 45.7. The summed E-state index contributed by atoms with van der Waals surface area (Å²) in [7, 11) is 0. The summed E-state index contributed by atoms with van der Waals surface area (Å²) in [5.74, 6) is 8.78. The molecule has 68 heavy (non-hydrogen) atoms. The molecule has 0 saturated carbocycles. The predicted molar refractivity (Wildman–Crippen MR) is 284 cm³/mol. The summed E-state index contributed by atoms with van der Waals surface area (Å²) in [5, 5.41) is 2.03. The second-order valence-corrected chi connectivity index (χ2v) is 31.0. The maximum absolute atomic E-state index is 6.73. The minimum Gasteiger partial charge on any atom is -0.486 e. The van der Waals surface area contributed by atoms with Crippen LogP contribution in [-0.2, 0) is 31.9 Å². The second kappa shape index (κ2) is 19.6. The van der Waals surface area contributed by atoms with E-state index in [1.54, 1.807) is 4.40 Å². The molecule has 345 valence electrons. The van der Waals surface area contributed by atoms with Crippen molar-refractivity contribution in [2.24, 2.45) is 5.92 Å². The Kier molecular flexibility index (Phi) is 14.0. The Hall–Kier alpha value is -5.92. The van der Waals surface area contributed by atoms with E-state index in [1.807, 2.05) is 24.3 Å². The summed E-state index contributed by atoms with van der Waals surface area (Å²) >= 11 is -1.86. The van der Waals surface area contributed by atoms with E-state index >= 15 is 0 Å². The monoisotopic (exact) mass is 1130 g/mol. The molecule has 7 heteroatoms. The van der Waals surface area contributed by atoms with Crippen molar-refractivity contribution in [2.75, 3.05) is 0 Å². The van der Waals surface area contributed by atoms with Crippen molar-refractivity contribution in [3.63, 3.8) is 0 Å². The number of rotatable bonds is 8. The van der Waals surface area contributed by atoms with Gasteiger partial charge in [0.2, 0.25) is 5.71 Å². The molecular weight excluding hydrogens is 1070 g/mol. The minimum atomic E-state index is -1.86. The van der Waals surface area contributed by atoms with Crippen LogP contribution in [0.2, 0.25) is 17.3 Å². The fourth-order valence-electron chi connectivity index (χ4n) is 9.35. The zero-order valence-electron chi connectivity index (χ0n) is 41.2. The van der Waals surface area contributed by atoms with Crippen molar-refractivity contribution in [3.8, 4) is 50.7 Å². The molecule has 0 aliphatic rings. The van der Waals surface area contributed by atoms with Gasteiger partial charge in [0.25, 0.3) is 0 Å². The first kappa shape index (κ1) is 48.5.